The lowest BCUT2D eigenvalue weighted by Crippen LogP contribution is -2.48. The second-order valence-corrected chi connectivity index (χ2v) is 6.76. The van der Waals surface area contributed by atoms with Gasteiger partial charge in [0.15, 0.2) is 0 Å². The van der Waals surface area contributed by atoms with Gasteiger partial charge in [-0.05, 0) is 44.5 Å². The van der Waals surface area contributed by atoms with Crippen LogP contribution in [0.3, 0.4) is 0 Å². The number of hydrogen-bond acceptors (Lipinski definition) is 4. The Morgan fingerprint density at radius 3 is 2.52 bits per heavy atom. The molecule has 0 aliphatic carbocycles. The lowest BCUT2D eigenvalue weighted by atomic mass is 10.1. The molecule has 138 valence electrons. The first-order valence-electron chi connectivity index (χ1n) is 8.62. The van der Waals surface area contributed by atoms with Crippen molar-refractivity contribution in [2.24, 2.45) is 0 Å². The molecule has 25 heavy (non-hydrogen) atoms. The highest BCUT2D eigenvalue weighted by Crippen LogP contribution is 2.12. The molecule has 2 rings (SSSR count). The van der Waals surface area contributed by atoms with E-state index in [2.05, 4.69) is 5.32 Å². The standard InChI is InChI=1S/C18H26ClN3O3/c1-3-25-18(24)22-10-8-16(9-11-22)20-17(23)13-21(2)12-14-4-6-15(19)7-5-14/h4-7,16H,3,8-13H2,1-2H3,(H,20,23). The van der Waals surface area contributed by atoms with Gasteiger partial charge >= 0.3 is 6.09 Å². The predicted molar refractivity (Wildman–Crippen MR) is 97.5 cm³/mol. The number of benzene rings is 1. The van der Waals surface area contributed by atoms with Crippen LogP contribution in [0.2, 0.25) is 5.02 Å². The van der Waals surface area contributed by atoms with Crippen molar-refractivity contribution in [1.29, 1.82) is 0 Å². The second kappa shape index (κ2) is 9.63. The summed E-state index contributed by atoms with van der Waals surface area (Å²) in [6.07, 6.45) is 1.24. The SMILES string of the molecule is CCOC(=O)N1CCC(NC(=O)CN(C)Cc2ccc(Cl)cc2)CC1. The van der Waals surface area contributed by atoms with Crippen molar-refractivity contribution in [2.45, 2.75) is 32.4 Å². The summed E-state index contributed by atoms with van der Waals surface area (Å²) >= 11 is 5.88. The zero-order chi connectivity index (χ0) is 18.2. The van der Waals surface area contributed by atoms with E-state index < -0.39 is 0 Å². The molecular weight excluding hydrogens is 342 g/mol. The topological polar surface area (TPSA) is 61.9 Å². The fourth-order valence-electron chi connectivity index (χ4n) is 2.90. The number of amides is 2. The van der Waals surface area contributed by atoms with Crippen molar-refractivity contribution >= 4 is 23.6 Å². The Balaban J connectivity index is 1.70. The third-order valence-corrected chi connectivity index (χ3v) is 4.42. The summed E-state index contributed by atoms with van der Waals surface area (Å²) in [7, 11) is 1.91. The number of ether oxygens (including phenoxy) is 1. The number of likely N-dealkylation sites (tertiary alicyclic amines) is 1. The Morgan fingerprint density at radius 1 is 1.28 bits per heavy atom. The molecule has 0 unspecified atom stereocenters. The van der Waals surface area contributed by atoms with Crippen LogP contribution in [0.25, 0.3) is 0 Å². The molecule has 1 heterocycles. The summed E-state index contributed by atoms with van der Waals surface area (Å²) in [4.78, 5) is 27.5. The molecule has 1 fully saturated rings. The van der Waals surface area contributed by atoms with Gasteiger partial charge in [0.25, 0.3) is 0 Å². The van der Waals surface area contributed by atoms with Gasteiger partial charge in [-0.1, -0.05) is 23.7 Å². The number of halogens is 1. The third kappa shape index (κ3) is 6.55. The smallest absolute Gasteiger partial charge is 0.409 e. The van der Waals surface area contributed by atoms with Crippen LogP contribution in [-0.4, -0.2) is 61.1 Å². The third-order valence-electron chi connectivity index (χ3n) is 4.17. The molecule has 0 radical (unpaired) electrons. The van der Waals surface area contributed by atoms with Gasteiger partial charge in [-0.15, -0.1) is 0 Å². The monoisotopic (exact) mass is 367 g/mol. The fraction of sp³-hybridized carbons (Fsp3) is 0.556. The summed E-state index contributed by atoms with van der Waals surface area (Å²) in [5.74, 6) is 0.00560. The minimum Gasteiger partial charge on any atom is -0.450 e. The van der Waals surface area contributed by atoms with Crippen LogP contribution < -0.4 is 5.32 Å². The number of nitrogens with zero attached hydrogens (tertiary/aromatic N) is 2. The Bertz CT molecular complexity index is 571. The van der Waals surface area contributed by atoms with Crippen molar-refractivity contribution in [3.8, 4) is 0 Å². The van der Waals surface area contributed by atoms with E-state index >= 15 is 0 Å². The van der Waals surface area contributed by atoms with Crippen molar-refractivity contribution in [1.82, 2.24) is 15.1 Å². The first-order chi connectivity index (χ1) is 12.0. The van der Waals surface area contributed by atoms with Crippen LogP contribution in [0.15, 0.2) is 24.3 Å². The molecular formula is C18H26ClN3O3. The highest BCUT2D eigenvalue weighted by molar-refractivity contribution is 6.30. The first kappa shape index (κ1) is 19.5. The Kier molecular flexibility index (Phi) is 7.52. The van der Waals surface area contributed by atoms with Crippen LogP contribution in [0.4, 0.5) is 4.79 Å². The molecule has 6 nitrogen and oxygen atoms in total. The minimum absolute atomic E-state index is 0.00560. The van der Waals surface area contributed by atoms with E-state index in [4.69, 9.17) is 16.3 Å². The molecule has 1 aromatic rings. The molecule has 2 amide bonds. The van der Waals surface area contributed by atoms with Crippen molar-refractivity contribution in [3.63, 3.8) is 0 Å². The Morgan fingerprint density at radius 2 is 1.92 bits per heavy atom. The lowest BCUT2D eigenvalue weighted by Gasteiger charge is -2.32. The number of hydrogen-bond donors (Lipinski definition) is 1. The van der Waals surface area contributed by atoms with E-state index in [0.29, 0.717) is 37.8 Å². The van der Waals surface area contributed by atoms with E-state index in [1.165, 1.54) is 0 Å². The van der Waals surface area contributed by atoms with E-state index in [-0.39, 0.29) is 18.0 Å². The maximum Gasteiger partial charge on any atom is 0.409 e. The number of likely N-dealkylation sites (N-methyl/N-ethyl adjacent to an activating group) is 1. The average Bonchev–Trinajstić information content (AvgIpc) is 2.57. The van der Waals surface area contributed by atoms with Gasteiger partial charge in [-0.2, -0.15) is 0 Å². The number of rotatable bonds is 6. The zero-order valence-corrected chi connectivity index (χ0v) is 15.6. The summed E-state index contributed by atoms with van der Waals surface area (Å²) in [5, 5.41) is 3.76. The van der Waals surface area contributed by atoms with Crippen LogP contribution in [0.1, 0.15) is 25.3 Å². The van der Waals surface area contributed by atoms with E-state index in [1.807, 2.05) is 36.2 Å². The summed E-state index contributed by atoms with van der Waals surface area (Å²) in [5.41, 5.74) is 1.11. The molecule has 0 bridgehead atoms. The van der Waals surface area contributed by atoms with Gasteiger partial charge in [0.05, 0.1) is 13.2 Å². The number of carbonyl (C=O) groups excluding carboxylic acids is 2. The van der Waals surface area contributed by atoms with Crippen molar-refractivity contribution in [2.75, 3.05) is 33.3 Å². The van der Waals surface area contributed by atoms with Gasteiger partial charge < -0.3 is 15.0 Å². The van der Waals surface area contributed by atoms with Crippen molar-refractivity contribution < 1.29 is 14.3 Å². The zero-order valence-electron chi connectivity index (χ0n) is 14.8. The van der Waals surface area contributed by atoms with Gasteiger partial charge in [0.2, 0.25) is 5.91 Å². The maximum atomic E-state index is 12.2. The molecule has 1 aromatic carbocycles. The Hall–Kier alpha value is -1.79. The van der Waals surface area contributed by atoms with Crippen molar-refractivity contribution in [3.05, 3.63) is 34.9 Å². The van der Waals surface area contributed by atoms with Crippen LogP contribution in [-0.2, 0) is 16.1 Å². The number of piperidine rings is 1. The van der Waals surface area contributed by atoms with E-state index in [9.17, 15) is 9.59 Å². The Labute approximate surface area is 154 Å². The molecule has 1 aliphatic rings. The highest BCUT2D eigenvalue weighted by atomic mass is 35.5. The van der Waals surface area contributed by atoms with Gasteiger partial charge in [-0.25, -0.2) is 4.79 Å². The quantitative estimate of drug-likeness (QED) is 0.839. The van der Waals surface area contributed by atoms with Gasteiger partial charge in [0, 0.05) is 30.7 Å². The molecule has 0 aromatic heterocycles. The molecule has 1 N–H and O–H groups in total. The summed E-state index contributed by atoms with van der Waals surface area (Å²) in [6, 6.07) is 7.73. The molecule has 1 saturated heterocycles. The molecule has 1 aliphatic heterocycles. The normalized spacial score (nSPS) is 15.3. The van der Waals surface area contributed by atoms with Gasteiger partial charge in [0.1, 0.15) is 0 Å². The predicted octanol–water partition coefficient (Wildman–Crippen LogP) is 2.51. The number of nitrogens with one attached hydrogen (secondary N) is 1. The van der Waals surface area contributed by atoms with Crippen LogP contribution in [0.5, 0.6) is 0 Å². The molecule has 0 spiro atoms. The highest BCUT2D eigenvalue weighted by Gasteiger charge is 2.24. The maximum absolute atomic E-state index is 12.2. The molecule has 0 saturated carbocycles. The van der Waals surface area contributed by atoms with E-state index in [0.717, 1.165) is 18.4 Å². The number of carbonyl (C=O) groups is 2. The second-order valence-electron chi connectivity index (χ2n) is 6.33. The largest absolute Gasteiger partial charge is 0.450 e. The van der Waals surface area contributed by atoms with Gasteiger partial charge in [-0.3, -0.25) is 9.69 Å². The van der Waals surface area contributed by atoms with E-state index in [1.54, 1.807) is 11.8 Å². The van der Waals surface area contributed by atoms with Crippen LogP contribution >= 0.6 is 11.6 Å². The fourth-order valence-corrected chi connectivity index (χ4v) is 3.02. The lowest BCUT2D eigenvalue weighted by molar-refractivity contribution is -0.123. The summed E-state index contributed by atoms with van der Waals surface area (Å²) < 4.78 is 5.00. The first-order valence-corrected chi connectivity index (χ1v) is 8.99. The van der Waals surface area contributed by atoms with Crippen LogP contribution in [0, 0.1) is 0 Å². The summed E-state index contributed by atoms with van der Waals surface area (Å²) in [6.45, 7) is 4.43. The average molecular weight is 368 g/mol. The molecule has 7 heteroatoms. The minimum atomic E-state index is -0.269. The molecule has 0 atom stereocenters.